The Kier molecular flexibility index (Phi) is 5.36. The summed E-state index contributed by atoms with van der Waals surface area (Å²) >= 11 is 0. The molecule has 1 amide bonds. The van der Waals surface area contributed by atoms with E-state index in [1.54, 1.807) is 6.20 Å². The second kappa shape index (κ2) is 7.04. The molecule has 0 aromatic carbocycles. The first-order valence-corrected chi connectivity index (χ1v) is 7.64. The molecule has 0 radical (unpaired) electrons. The van der Waals surface area contributed by atoms with Gasteiger partial charge >= 0.3 is 0 Å². The van der Waals surface area contributed by atoms with Crippen molar-refractivity contribution >= 4 is 5.91 Å². The Morgan fingerprint density at radius 1 is 1.57 bits per heavy atom. The lowest BCUT2D eigenvalue weighted by Gasteiger charge is -2.15. The molecular weight excluding hydrogens is 270 g/mol. The smallest absolute Gasteiger partial charge is 0.255 e. The lowest BCUT2D eigenvalue weighted by Crippen LogP contribution is -2.42. The zero-order valence-electron chi connectivity index (χ0n) is 13.0. The van der Waals surface area contributed by atoms with Gasteiger partial charge in [-0.25, -0.2) is 0 Å². The Hall–Kier alpha value is -1.40. The third kappa shape index (κ3) is 3.83. The molecule has 0 spiro atoms. The van der Waals surface area contributed by atoms with Gasteiger partial charge in [-0.15, -0.1) is 0 Å². The maximum absolute atomic E-state index is 12.3. The molecule has 1 aromatic heterocycles. The van der Waals surface area contributed by atoms with E-state index in [-0.39, 0.29) is 18.6 Å². The van der Waals surface area contributed by atoms with Gasteiger partial charge < -0.3 is 15.2 Å². The van der Waals surface area contributed by atoms with Gasteiger partial charge in [-0.1, -0.05) is 20.8 Å². The number of nitrogens with zero attached hydrogens (tertiary/aromatic N) is 2. The van der Waals surface area contributed by atoms with E-state index in [4.69, 9.17) is 4.74 Å². The molecule has 6 nitrogen and oxygen atoms in total. The van der Waals surface area contributed by atoms with E-state index >= 15 is 0 Å². The van der Waals surface area contributed by atoms with Crippen LogP contribution in [0.5, 0.6) is 0 Å². The van der Waals surface area contributed by atoms with E-state index in [9.17, 15) is 9.90 Å². The summed E-state index contributed by atoms with van der Waals surface area (Å²) in [5, 5.41) is 16.9. The zero-order chi connectivity index (χ0) is 15.4. The molecule has 6 heteroatoms. The number of aryl methyl sites for hydroxylation is 1. The van der Waals surface area contributed by atoms with E-state index in [0.29, 0.717) is 18.1 Å². The molecule has 1 aliphatic rings. The first-order chi connectivity index (χ1) is 10.0. The summed E-state index contributed by atoms with van der Waals surface area (Å²) in [7, 11) is 0. The minimum absolute atomic E-state index is 0.183. The molecule has 1 aromatic rings. The molecule has 0 aliphatic carbocycles. The van der Waals surface area contributed by atoms with E-state index in [0.717, 1.165) is 25.1 Å². The number of ether oxygens (including phenoxy) is 1. The first-order valence-electron chi connectivity index (χ1n) is 7.64. The Morgan fingerprint density at radius 2 is 2.33 bits per heavy atom. The van der Waals surface area contributed by atoms with Gasteiger partial charge in [0.15, 0.2) is 0 Å². The van der Waals surface area contributed by atoms with Crippen LogP contribution in [0.1, 0.15) is 43.2 Å². The fourth-order valence-corrected chi connectivity index (χ4v) is 2.47. The van der Waals surface area contributed by atoms with Crippen molar-refractivity contribution in [2.75, 3.05) is 13.2 Å². The number of hydrogen-bond acceptors (Lipinski definition) is 4. The number of aliphatic hydroxyl groups excluding tert-OH is 1. The number of hydrogen-bond donors (Lipinski definition) is 2. The summed E-state index contributed by atoms with van der Waals surface area (Å²) in [6.07, 6.45) is 2.78. The number of nitrogens with one attached hydrogen (secondary N) is 1. The average Bonchev–Trinajstić information content (AvgIpc) is 3.02. The van der Waals surface area contributed by atoms with Crippen LogP contribution in [0.25, 0.3) is 0 Å². The standard InChI is InChI=1S/C15H25N3O3/c1-4-13-11(7-16-18(13)6-5-10(2)3)15(20)17-12-8-21-9-14(12)19/h7,10,12,14,19H,4-6,8-9H2,1-3H3,(H,17,20)/t12-,14-/m1/s1. The molecule has 1 fully saturated rings. The molecule has 2 N–H and O–H groups in total. The summed E-state index contributed by atoms with van der Waals surface area (Å²) in [5.74, 6) is 0.416. The fourth-order valence-electron chi connectivity index (χ4n) is 2.47. The van der Waals surface area contributed by atoms with Crippen LogP contribution < -0.4 is 5.32 Å². The van der Waals surface area contributed by atoms with Crippen LogP contribution in [0, 0.1) is 5.92 Å². The number of aromatic nitrogens is 2. The average molecular weight is 295 g/mol. The van der Waals surface area contributed by atoms with E-state index in [1.807, 2.05) is 11.6 Å². The number of carbonyl (C=O) groups excluding carboxylic acids is 1. The van der Waals surface area contributed by atoms with Crippen LogP contribution in [-0.4, -0.2) is 46.2 Å². The Balaban J connectivity index is 2.06. The molecule has 1 saturated heterocycles. The van der Waals surface area contributed by atoms with Crippen molar-refractivity contribution < 1.29 is 14.6 Å². The quantitative estimate of drug-likeness (QED) is 0.820. The minimum atomic E-state index is -0.630. The summed E-state index contributed by atoms with van der Waals surface area (Å²) in [4.78, 5) is 12.3. The summed E-state index contributed by atoms with van der Waals surface area (Å²) in [5.41, 5.74) is 1.54. The highest BCUT2D eigenvalue weighted by Gasteiger charge is 2.29. The van der Waals surface area contributed by atoms with Gasteiger partial charge in [0.25, 0.3) is 5.91 Å². The molecule has 0 unspecified atom stereocenters. The molecule has 1 aliphatic heterocycles. The van der Waals surface area contributed by atoms with E-state index in [2.05, 4.69) is 24.3 Å². The molecule has 118 valence electrons. The second-order valence-corrected chi connectivity index (χ2v) is 5.95. The van der Waals surface area contributed by atoms with Crippen molar-refractivity contribution in [2.45, 2.75) is 52.3 Å². The summed E-state index contributed by atoms with van der Waals surface area (Å²) in [6.45, 7) is 7.82. The zero-order valence-corrected chi connectivity index (χ0v) is 13.0. The fraction of sp³-hybridized carbons (Fsp3) is 0.733. The van der Waals surface area contributed by atoms with Gasteiger partial charge in [0.05, 0.1) is 42.8 Å². The maximum atomic E-state index is 12.3. The number of aliphatic hydroxyl groups is 1. The van der Waals surface area contributed by atoms with Crippen LogP contribution in [0.15, 0.2) is 6.20 Å². The SMILES string of the molecule is CCc1c(C(=O)N[C@@H]2COC[C@H]2O)cnn1CCC(C)C. The third-order valence-corrected chi connectivity index (χ3v) is 3.81. The largest absolute Gasteiger partial charge is 0.388 e. The Labute approximate surface area is 125 Å². The molecule has 0 saturated carbocycles. The van der Waals surface area contributed by atoms with Crippen molar-refractivity contribution in [1.82, 2.24) is 15.1 Å². The second-order valence-electron chi connectivity index (χ2n) is 5.95. The molecule has 2 atom stereocenters. The van der Waals surface area contributed by atoms with Crippen LogP contribution in [0.4, 0.5) is 0 Å². The van der Waals surface area contributed by atoms with Crippen molar-refractivity contribution in [1.29, 1.82) is 0 Å². The molecule has 0 bridgehead atoms. The highest BCUT2D eigenvalue weighted by Crippen LogP contribution is 2.14. The lowest BCUT2D eigenvalue weighted by molar-refractivity contribution is 0.0885. The number of rotatable bonds is 6. The maximum Gasteiger partial charge on any atom is 0.255 e. The van der Waals surface area contributed by atoms with Crippen LogP contribution in [0.3, 0.4) is 0 Å². The van der Waals surface area contributed by atoms with Gasteiger partial charge in [0.2, 0.25) is 0 Å². The lowest BCUT2D eigenvalue weighted by atomic mass is 10.1. The predicted octanol–water partition coefficient (Wildman–Crippen LogP) is 0.981. The van der Waals surface area contributed by atoms with Crippen LogP contribution in [-0.2, 0) is 17.7 Å². The molecular formula is C15H25N3O3. The minimum Gasteiger partial charge on any atom is -0.388 e. The van der Waals surface area contributed by atoms with Crippen molar-refractivity contribution in [3.05, 3.63) is 17.5 Å². The van der Waals surface area contributed by atoms with E-state index < -0.39 is 6.10 Å². The highest BCUT2D eigenvalue weighted by molar-refractivity contribution is 5.95. The monoisotopic (exact) mass is 295 g/mol. The third-order valence-electron chi connectivity index (χ3n) is 3.81. The van der Waals surface area contributed by atoms with Gasteiger partial charge in [-0.2, -0.15) is 5.10 Å². The number of carbonyl (C=O) groups is 1. The van der Waals surface area contributed by atoms with Gasteiger partial charge in [-0.05, 0) is 18.8 Å². The molecule has 21 heavy (non-hydrogen) atoms. The van der Waals surface area contributed by atoms with Gasteiger partial charge in [0, 0.05) is 6.54 Å². The van der Waals surface area contributed by atoms with E-state index in [1.165, 1.54) is 0 Å². The number of amides is 1. The van der Waals surface area contributed by atoms with Gasteiger partial charge in [-0.3, -0.25) is 9.48 Å². The summed E-state index contributed by atoms with van der Waals surface area (Å²) in [6, 6.07) is -0.332. The van der Waals surface area contributed by atoms with Crippen molar-refractivity contribution in [3.8, 4) is 0 Å². The van der Waals surface area contributed by atoms with Gasteiger partial charge in [0.1, 0.15) is 0 Å². The van der Waals surface area contributed by atoms with Crippen LogP contribution in [0.2, 0.25) is 0 Å². The topological polar surface area (TPSA) is 76.4 Å². The van der Waals surface area contributed by atoms with Crippen molar-refractivity contribution in [2.24, 2.45) is 5.92 Å². The predicted molar refractivity (Wildman–Crippen MR) is 79.1 cm³/mol. The summed E-state index contributed by atoms with van der Waals surface area (Å²) < 4.78 is 7.06. The molecule has 2 rings (SSSR count). The Bertz CT molecular complexity index is 485. The molecule has 2 heterocycles. The van der Waals surface area contributed by atoms with Crippen molar-refractivity contribution in [3.63, 3.8) is 0 Å². The Morgan fingerprint density at radius 3 is 2.90 bits per heavy atom. The first kappa shape index (κ1) is 16.0. The van der Waals surface area contributed by atoms with Crippen LogP contribution >= 0.6 is 0 Å². The normalized spacial score (nSPS) is 22.0. The highest BCUT2D eigenvalue weighted by atomic mass is 16.5.